The van der Waals surface area contributed by atoms with Gasteiger partial charge in [-0.25, -0.2) is 0 Å². The van der Waals surface area contributed by atoms with Gasteiger partial charge in [-0.1, -0.05) is 6.07 Å². The van der Waals surface area contributed by atoms with Crippen molar-refractivity contribution in [2.45, 2.75) is 37.8 Å². The third-order valence-electron chi connectivity index (χ3n) is 6.64. The first-order valence-corrected chi connectivity index (χ1v) is 9.75. The molecule has 1 aromatic rings. The van der Waals surface area contributed by atoms with Gasteiger partial charge >= 0.3 is 0 Å². The van der Waals surface area contributed by atoms with E-state index in [1.807, 2.05) is 0 Å². The second kappa shape index (κ2) is 6.91. The van der Waals surface area contributed by atoms with Gasteiger partial charge in [0.25, 0.3) is 5.91 Å². The van der Waals surface area contributed by atoms with Crippen molar-refractivity contribution >= 4 is 23.2 Å². The second-order valence-corrected chi connectivity index (χ2v) is 8.28. The maximum Gasteiger partial charge on any atom is 0.255 e. The highest BCUT2D eigenvalue weighted by Crippen LogP contribution is 2.52. The molecule has 1 amide bonds. The van der Waals surface area contributed by atoms with Gasteiger partial charge in [0, 0.05) is 17.9 Å². The summed E-state index contributed by atoms with van der Waals surface area (Å²) in [6, 6.07) is 2.35. The summed E-state index contributed by atoms with van der Waals surface area (Å²) >= 11 is 0. The third kappa shape index (κ3) is 2.72. The molecule has 0 bridgehead atoms. The minimum absolute atomic E-state index is 0.00766. The summed E-state index contributed by atoms with van der Waals surface area (Å²) < 4.78 is 0. The number of hydrogen-bond donors (Lipinski definition) is 7. The van der Waals surface area contributed by atoms with E-state index in [0.29, 0.717) is 11.1 Å². The Morgan fingerprint density at radius 1 is 1.23 bits per heavy atom. The van der Waals surface area contributed by atoms with Crippen LogP contribution in [0, 0.1) is 11.8 Å². The Labute approximate surface area is 176 Å². The second-order valence-electron chi connectivity index (χ2n) is 8.28. The van der Waals surface area contributed by atoms with Crippen molar-refractivity contribution in [1.82, 2.24) is 5.48 Å². The number of Topliss-reactive ketones (excluding diaryl/α,β-unsaturated/α-hetero) is 2. The zero-order valence-electron chi connectivity index (χ0n) is 16.5. The minimum atomic E-state index is -2.58. The molecular formula is C21H22N2O8. The van der Waals surface area contributed by atoms with Crippen LogP contribution in [0.4, 0.5) is 0 Å². The number of aliphatic hydroxyl groups excluding tert-OH is 2. The fourth-order valence-electron chi connectivity index (χ4n) is 5.12. The molecular weight excluding hydrogens is 408 g/mol. The van der Waals surface area contributed by atoms with Crippen molar-refractivity contribution in [1.29, 1.82) is 0 Å². The number of rotatable bonds is 3. The van der Waals surface area contributed by atoms with E-state index in [0.717, 1.165) is 0 Å². The average Bonchev–Trinajstić information content (AvgIpc) is 2.70. The fourth-order valence-corrected chi connectivity index (χ4v) is 5.12. The zero-order chi connectivity index (χ0) is 22.8. The van der Waals surface area contributed by atoms with Crippen LogP contribution in [0.25, 0.3) is 5.76 Å². The molecule has 0 aliphatic heterocycles. The van der Waals surface area contributed by atoms with Gasteiger partial charge in [0.2, 0.25) is 5.78 Å². The first-order valence-electron chi connectivity index (χ1n) is 9.75. The van der Waals surface area contributed by atoms with Crippen LogP contribution in [0.15, 0.2) is 29.0 Å². The molecule has 3 aliphatic carbocycles. The van der Waals surface area contributed by atoms with Crippen molar-refractivity contribution in [3.05, 3.63) is 45.7 Å². The standard InChI is InChI=1S/C21H22N2O8/c1-7(23-31)10-2-3-12(24)15-11(10)5-8-4-9-6-13(25)16(20(22)29)19(28)21(9,30)18(27)14(8)17(15)26/h2-3,7-9,23-24,26,28,30-31H,4-6H2,1H3,(H2,22,29)/t7?,8-,9+,21+/m1/s1. The number of hydrogen-bond acceptors (Lipinski definition) is 9. The molecule has 31 heavy (non-hydrogen) atoms. The maximum atomic E-state index is 13.3. The summed E-state index contributed by atoms with van der Waals surface area (Å²) in [6.07, 6.45) is -0.132. The van der Waals surface area contributed by atoms with Crippen molar-refractivity contribution in [2.75, 3.05) is 0 Å². The molecule has 1 unspecified atom stereocenters. The number of primary amides is 1. The van der Waals surface area contributed by atoms with E-state index >= 15 is 0 Å². The molecule has 0 aromatic heterocycles. The third-order valence-corrected chi connectivity index (χ3v) is 6.64. The van der Waals surface area contributed by atoms with Crippen LogP contribution in [0.1, 0.15) is 42.5 Å². The van der Waals surface area contributed by atoms with Gasteiger partial charge in [0.15, 0.2) is 11.4 Å². The largest absolute Gasteiger partial charge is 0.508 e. The van der Waals surface area contributed by atoms with Crippen molar-refractivity contribution in [2.24, 2.45) is 17.6 Å². The lowest BCUT2D eigenvalue weighted by Crippen LogP contribution is -2.58. The molecule has 0 spiro atoms. The topological polar surface area (TPSA) is 190 Å². The quantitative estimate of drug-likeness (QED) is 0.264. The van der Waals surface area contributed by atoms with Crippen LogP contribution in [0.2, 0.25) is 0 Å². The molecule has 1 aromatic carbocycles. The molecule has 0 heterocycles. The first-order chi connectivity index (χ1) is 14.5. The molecule has 3 aliphatic rings. The van der Waals surface area contributed by atoms with Crippen LogP contribution in [0.5, 0.6) is 5.75 Å². The number of phenolic OH excluding ortho intramolecular Hbond substituents is 1. The Morgan fingerprint density at radius 3 is 2.52 bits per heavy atom. The Bertz CT molecular complexity index is 1100. The molecule has 164 valence electrons. The van der Waals surface area contributed by atoms with E-state index in [1.54, 1.807) is 13.0 Å². The lowest BCUT2D eigenvalue weighted by atomic mass is 9.59. The van der Waals surface area contributed by atoms with Gasteiger partial charge in [-0.15, -0.1) is 0 Å². The number of carbonyl (C=O) groups is 3. The number of nitrogens with two attached hydrogens (primary N) is 1. The van der Waals surface area contributed by atoms with E-state index in [2.05, 4.69) is 5.48 Å². The van der Waals surface area contributed by atoms with Gasteiger partial charge in [0.05, 0.1) is 11.6 Å². The number of hydroxylamine groups is 1. The lowest BCUT2D eigenvalue weighted by molar-refractivity contribution is -0.147. The minimum Gasteiger partial charge on any atom is -0.508 e. The van der Waals surface area contributed by atoms with E-state index < -0.39 is 58.0 Å². The Balaban J connectivity index is 1.93. The Kier molecular flexibility index (Phi) is 4.69. The highest BCUT2D eigenvalue weighted by Gasteiger charge is 2.60. The summed E-state index contributed by atoms with van der Waals surface area (Å²) in [5.41, 5.74) is 4.75. The van der Waals surface area contributed by atoms with E-state index in [1.165, 1.54) is 6.07 Å². The van der Waals surface area contributed by atoms with Crippen LogP contribution >= 0.6 is 0 Å². The molecule has 4 rings (SSSR count). The Morgan fingerprint density at radius 2 is 1.90 bits per heavy atom. The normalized spacial score (nSPS) is 28.7. The molecule has 1 fully saturated rings. The highest BCUT2D eigenvalue weighted by molar-refractivity contribution is 6.22. The number of nitrogens with one attached hydrogen (secondary N) is 1. The SMILES string of the molecule is CC(NO)c1ccc(O)c2c1C[C@H]1C[C@H]3CC(=O)C(C(N)=O)=C(O)[C@@]3(O)C(=O)C1=C2O. The highest BCUT2D eigenvalue weighted by atomic mass is 16.5. The number of amides is 1. The summed E-state index contributed by atoms with van der Waals surface area (Å²) in [5, 5.41) is 52.3. The number of fused-ring (bicyclic) bond motifs is 3. The van der Waals surface area contributed by atoms with Gasteiger partial charge in [0.1, 0.15) is 22.8 Å². The summed E-state index contributed by atoms with van der Waals surface area (Å²) in [6.45, 7) is 1.67. The zero-order valence-corrected chi connectivity index (χ0v) is 16.5. The molecule has 0 radical (unpaired) electrons. The summed E-state index contributed by atoms with van der Waals surface area (Å²) in [4.78, 5) is 37.3. The fraction of sp³-hybridized carbons (Fsp3) is 0.381. The van der Waals surface area contributed by atoms with E-state index in [9.17, 15) is 40.0 Å². The number of ketones is 2. The van der Waals surface area contributed by atoms with Crippen LogP contribution in [0.3, 0.4) is 0 Å². The summed E-state index contributed by atoms with van der Waals surface area (Å²) in [7, 11) is 0. The monoisotopic (exact) mass is 430 g/mol. The number of phenols is 1. The number of aliphatic hydroxyl groups is 3. The smallest absolute Gasteiger partial charge is 0.255 e. The van der Waals surface area contributed by atoms with Gasteiger partial charge < -0.3 is 31.4 Å². The number of aromatic hydroxyl groups is 1. The first kappa shape index (κ1) is 21.0. The Hall–Kier alpha value is -3.21. The molecule has 4 atom stereocenters. The van der Waals surface area contributed by atoms with Crippen molar-refractivity contribution in [3.63, 3.8) is 0 Å². The maximum absolute atomic E-state index is 13.3. The molecule has 8 N–H and O–H groups in total. The predicted octanol–water partition coefficient (Wildman–Crippen LogP) is 0.464. The van der Waals surface area contributed by atoms with Crippen molar-refractivity contribution < 1.29 is 40.0 Å². The van der Waals surface area contributed by atoms with Crippen LogP contribution in [-0.4, -0.2) is 48.7 Å². The molecule has 1 saturated carbocycles. The molecule has 0 saturated heterocycles. The lowest BCUT2D eigenvalue weighted by Gasteiger charge is -2.46. The average molecular weight is 430 g/mol. The predicted molar refractivity (Wildman–Crippen MR) is 105 cm³/mol. The molecule has 10 nitrogen and oxygen atoms in total. The summed E-state index contributed by atoms with van der Waals surface area (Å²) in [5.74, 6) is -6.67. The van der Waals surface area contributed by atoms with Gasteiger partial charge in [-0.3, -0.25) is 14.4 Å². The molecule has 10 heteroatoms. The van der Waals surface area contributed by atoms with E-state index in [-0.39, 0.29) is 36.1 Å². The van der Waals surface area contributed by atoms with Gasteiger partial charge in [-0.2, -0.15) is 5.48 Å². The number of benzene rings is 1. The van der Waals surface area contributed by atoms with Crippen LogP contribution < -0.4 is 11.2 Å². The van der Waals surface area contributed by atoms with E-state index in [4.69, 9.17) is 5.73 Å². The number of carbonyl (C=O) groups excluding carboxylic acids is 3. The van der Waals surface area contributed by atoms with Crippen molar-refractivity contribution in [3.8, 4) is 5.75 Å². The van der Waals surface area contributed by atoms with Crippen LogP contribution in [-0.2, 0) is 20.8 Å². The van der Waals surface area contributed by atoms with Gasteiger partial charge in [-0.05, 0) is 42.9 Å².